The van der Waals surface area contributed by atoms with Gasteiger partial charge in [0.1, 0.15) is 11.3 Å². The largest absolute Gasteiger partial charge is 0.461 e. The van der Waals surface area contributed by atoms with Crippen molar-refractivity contribution in [1.82, 2.24) is 9.38 Å². The zero-order chi connectivity index (χ0) is 16.4. The van der Waals surface area contributed by atoms with Crippen LogP contribution in [0.3, 0.4) is 0 Å². The van der Waals surface area contributed by atoms with Gasteiger partial charge in [-0.1, -0.05) is 30.3 Å². The maximum absolute atomic E-state index is 12.4. The Labute approximate surface area is 133 Å². The first-order chi connectivity index (χ1) is 11.1. The Balaban J connectivity index is 2.26. The van der Waals surface area contributed by atoms with Gasteiger partial charge in [0, 0.05) is 17.3 Å². The van der Waals surface area contributed by atoms with Crippen LogP contribution >= 0.6 is 0 Å². The molecule has 0 saturated carbocycles. The SMILES string of the molecule is CCOC(=O)c1c(-c2ccccc2)nc2cc(C(C)=O)ccn12. The lowest BCUT2D eigenvalue weighted by molar-refractivity contribution is 0.0519. The van der Waals surface area contributed by atoms with Crippen molar-refractivity contribution in [3.8, 4) is 11.3 Å². The first kappa shape index (κ1) is 15.0. The van der Waals surface area contributed by atoms with Crippen molar-refractivity contribution in [1.29, 1.82) is 0 Å². The van der Waals surface area contributed by atoms with Crippen molar-refractivity contribution < 1.29 is 14.3 Å². The Morgan fingerprint density at radius 3 is 2.57 bits per heavy atom. The molecule has 2 heterocycles. The fourth-order valence-corrected chi connectivity index (χ4v) is 2.46. The Hall–Kier alpha value is -2.95. The molecule has 0 spiro atoms. The van der Waals surface area contributed by atoms with E-state index in [-0.39, 0.29) is 12.4 Å². The van der Waals surface area contributed by atoms with Gasteiger partial charge in [-0.2, -0.15) is 0 Å². The van der Waals surface area contributed by atoms with Crippen LogP contribution in [-0.4, -0.2) is 27.7 Å². The van der Waals surface area contributed by atoms with Gasteiger partial charge >= 0.3 is 5.97 Å². The summed E-state index contributed by atoms with van der Waals surface area (Å²) in [4.78, 5) is 28.5. The van der Waals surface area contributed by atoms with E-state index in [4.69, 9.17) is 4.74 Å². The van der Waals surface area contributed by atoms with E-state index >= 15 is 0 Å². The lowest BCUT2D eigenvalue weighted by Gasteiger charge is -2.05. The number of aromatic nitrogens is 2. The van der Waals surface area contributed by atoms with Crippen molar-refractivity contribution >= 4 is 17.4 Å². The summed E-state index contributed by atoms with van der Waals surface area (Å²) in [7, 11) is 0. The Morgan fingerprint density at radius 2 is 1.91 bits per heavy atom. The van der Waals surface area contributed by atoms with Gasteiger partial charge < -0.3 is 4.74 Å². The van der Waals surface area contributed by atoms with E-state index in [2.05, 4.69) is 4.98 Å². The lowest BCUT2D eigenvalue weighted by Crippen LogP contribution is -2.09. The van der Waals surface area contributed by atoms with Crippen LogP contribution in [0.4, 0.5) is 0 Å². The van der Waals surface area contributed by atoms with Crippen molar-refractivity contribution in [2.45, 2.75) is 13.8 Å². The van der Waals surface area contributed by atoms with Crippen LogP contribution in [-0.2, 0) is 4.74 Å². The third-order valence-electron chi connectivity index (χ3n) is 3.55. The zero-order valence-corrected chi connectivity index (χ0v) is 12.9. The molecule has 5 nitrogen and oxygen atoms in total. The smallest absolute Gasteiger partial charge is 0.357 e. The number of pyridine rings is 1. The standard InChI is InChI=1S/C18H16N2O3/c1-3-23-18(22)17-16(13-7-5-4-6-8-13)19-15-11-14(12(2)21)9-10-20(15)17/h4-11H,3H2,1-2H3. The van der Waals surface area contributed by atoms with Crippen molar-refractivity contribution in [2.24, 2.45) is 0 Å². The molecule has 0 N–H and O–H groups in total. The molecule has 1 aromatic carbocycles. The number of hydrogen-bond acceptors (Lipinski definition) is 4. The fourth-order valence-electron chi connectivity index (χ4n) is 2.46. The van der Waals surface area contributed by atoms with E-state index in [9.17, 15) is 9.59 Å². The van der Waals surface area contributed by atoms with Crippen LogP contribution in [0.25, 0.3) is 16.9 Å². The molecular weight excluding hydrogens is 292 g/mol. The van der Waals surface area contributed by atoms with Crippen LogP contribution in [0, 0.1) is 0 Å². The van der Waals surface area contributed by atoms with E-state index in [1.807, 2.05) is 30.3 Å². The summed E-state index contributed by atoms with van der Waals surface area (Å²) in [5, 5.41) is 0. The van der Waals surface area contributed by atoms with Gasteiger partial charge in [-0.15, -0.1) is 0 Å². The van der Waals surface area contributed by atoms with Gasteiger partial charge in [-0.25, -0.2) is 9.78 Å². The van der Waals surface area contributed by atoms with Crippen LogP contribution in [0.5, 0.6) is 0 Å². The van der Waals surface area contributed by atoms with E-state index < -0.39 is 5.97 Å². The number of imidazole rings is 1. The second kappa shape index (κ2) is 6.04. The third kappa shape index (κ3) is 2.73. The highest BCUT2D eigenvalue weighted by molar-refractivity contribution is 5.98. The summed E-state index contributed by atoms with van der Waals surface area (Å²) in [6.07, 6.45) is 1.68. The molecule has 23 heavy (non-hydrogen) atoms. The average molecular weight is 308 g/mol. The maximum Gasteiger partial charge on any atom is 0.357 e. The van der Waals surface area contributed by atoms with Crippen molar-refractivity contribution in [3.63, 3.8) is 0 Å². The number of benzene rings is 1. The predicted molar refractivity (Wildman–Crippen MR) is 86.6 cm³/mol. The number of esters is 1. The first-order valence-corrected chi connectivity index (χ1v) is 7.37. The number of ether oxygens (including phenoxy) is 1. The molecular formula is C18H16N2O3. The monoisotopic (exact) mass is 308 g/mol. The molecule has 116 valence electrons. The minimum absolute atomic E-state index is 0.0468. The van der Waals surface area contributed by atoms with Crippen LogP contribution in [0.1, 0.15) is 34.7 Å². The minimum atomic E-state index is -0.436. The average Bonchev–Trinajstić information content (AvgIpc) is 2.94. The molecule has 0 fully saturated rings. The van der Waals surface area contributed by atoms with Crippen LogP contribution in [0.2, 0.25) is 0 Å². The molecule has 0 aliphatic carbocycles. The predicted octanol–water partition coefficient (Wildman–Crippen LogP) is 3.38. The highest BCUT2D eigenvalue weighted by Gasteiger charge is 2.22. The lowest BCUT2D eigenvalue weighted by atomic mass is 10.1. The summed E-state index contributed by atoms with van der Waals surface area (Å²) >= 11 is 0. The van der Waals surface area contributed by atoms with Crippen LogP contribution < -0.4 is 0 Å². The van der Waals surface area contributed by atoms with Crippen LogP contribution in [0.15, 0.2) is 48.7 Å². The molecule has 3 rings (SSSR count). The maximum atomic E-state index is 12.4. The van der Waals surface area contributed by atoms with E-state index in [1.165, 1.54) is 6.92 Å². The molecule has 0 unspecified atom stereocenters. The molecule has 0 aliphatic rings. The Bertz CT molecular complexity index is 882. The number of Topliss-reactive ketones (excluding diaryl/α,β-unsaturated/α-hetero) is 1. The number of rotatable bonds is 4. The number of carbonyl (C=O) groups excluding carboxylic acids is 2. The van der Waals surface area contributed by atoms with E-state index in [1.54, 1.807) is 29.7 Å². The number of fused-ring (bicyclic) bond motifs is 1. The minimum Gasteiger partial charge on any atom is -0.461 e. The van der Waals surface area contributed by atoms with Gasteiger partial charge in [0.2, 0.25) is 0 Å². The molecule has 0 radical (unpaired) electrons. The molecule has 0 aliphatic heterocycles. The summed E-state index contributed by atoms with van der Waals surface area (Å²) in [5.74, 6) is -0.483. The molecule has 0 saturated heterocycles. The van der Waals surface area contributed by atoms with E-state index in [0.29, 0.717) is 22.6 Å². The number of hydrogen-bond donors (Lipinski definition) is 0. The Morgan fingerprint density at radius 1 is 1.17 bits per heavy atom. The molecule has 2 aromatic heterocycles. The fraction of sp³-hybridized carbons (Fsp3) is 0.167. The van der Waals surface area contributed by atoms with Gasteiger partial charge in [-0.3, -0.25) is 9.20 Å². The highest BCUT2D eigenvalue weighted by Crippen LogP contribution is 2.25. The van der Waals surface area contributed by atoms with Gasteiger partial charge in [-0.05, 0) is 26.0 Å². The number of ketones is 1. The van der Waals surface area contributed by atoms with Gasteiger partial charge in [0.15, 0.2) is 11.5 Å². The molecule has 3 aromatic rings. The number of nitrogens with zero attached hydrogens (tertiary/aromatic N) is 2. The summed E-state index contributed by atoms with van der Waals surface area (Å²) in [6, 6.07) is 12.8. The van der Waals surface area contributed by atoms with Crippen molar-refractivity contribution in [2.75, 3.05) is 6.61 Å². The van der Waals surface area contributed by atoms with E-state index in [0.717, 1.165) is 5.56 Å². The molecule has 5 heteroatoms. The highest BCUT2D eigenvalue weighted by atomic mass is 16.5. The second-order valence-electron chi connectivity index (χ2n) is 5.10. The van der Waals surface area contributed by atoms with Crippen molar-refractivity contribution in [3.05, 3.63) is 59.9 Å². The van der Waals surface area contributed by atoms with Gasteiger partial charge in [0.05, 0.1) is 6.61 Å². The first-order valence-electron chi connectivity index (χ1n) is 7.37. The zero-order valence-electron chi connectivity index (χ0n) is 12.9. The number of carbonyl (C=O) groups is 2. The summed E-state index contributed by atoms with van der Waals surface area (Å²) < 4.78 is 6.83. The van der Waals surface area contributed by atoms with Gasteiger partial charge in [0.25, 0.3) is 0 Å². The third-order valence-corrected chi connectivity index (χ3v) is 3.55. The summed E-state index contributed by atoms with van der Waals surface area (Å²) in [6.45, 7) is 3.54. The quantitative estimate of drug-likeness (QED) is 0.547. The molecule has 0 atom stereocenters. The molecule has 0 amide bonds. The normalized spacial score (nSPS) is 10.7. The summed E-state index contributed by atoms with van der Waals surface area (Å²) in [5.41, 5.74) is 2.83. The topological polar surface area (TPSA) is 60.7 Å². The second-order valence-corrected chi connectivity index (χ2v) is 5.10. The Kier molecular flexibility index (Phi) is 3.93. The molecule has 0 bridgehead atoms.